The smallest absolute Gasteiger partial charge is 0.0516 e. The summed E-state index contributed by atoms with van der Waals surface area (Å²) in [4.78, 5) is 4.87. The summed E-state index contributed by atoms with van der Waals surface area (Å²) in [6.07, 6.45) is 10.2. The lowest BCUT2D eigenvalue weighted by atomic mass is 9.59. The van der Waals surface area contributed by atoms with Gasteiger partial charge in [0.25, 0.3) is 0 Å². The van der Waals surface area contributed by atoms with Gasteiger partial charge in [-0.2, -0.15) is 0 Å². The lowest BCUT2D eigenvalue weighted by Gasteiger charge is -2.46. The third-order valence-electron chi connectivity index (χ3n) is 5.01. The molecule has 0 spiro atoms. The molecule has 1 aromatic heterocycles. The first-order valence-electron chi connectivity index (χ1n) is 7.92. The minimum atomic E-state index is 0.580. The molecule has 1 heteroatoms. The Kier molecular flexibility index (Phi) is 3.47. The first-order chi connectivity index (χ1) is 9.26. The maximum atomic E-state index is 4.87. The number of rotatable bonds is 4. The molecule has 4 atom stereocenters. The largest absolute Gasteiger partial charge is 0.257 e. The zero-order valence-electron chi connectivity index (χ0n) is 12.4. The maximum Gasteiger partial charge on any atom is 0.0516 e. The third-order valence-corrected chi connectivity index (χ3v) is 5.01. The molecule has 19 heavy (non-hydrogen) atoms. The van der Waals surface area contributed by atoms with Crippen molar-refractivity contribution in [2.75, 3.05) is 0 Å². The average molecular weight is 255 g/mol. The van der Waals surface area contributed by atoms with Gasteiger partial charge < -0.3 is 0 Å². The van der Waals surface area contributed by atoms with Crippen LogP contribution in [0.1, 0.15) is 68.3 Å². The van der Waals surface area contributed by atoms with Gasteiger partial charge in [0, 0.05) is 17.5 Å². The molecule has 1 aromatic rings. The van der Waals surface area contributed by atoms with E-state index in [0.29, 0.717) is 11.8 Å². The molecule has 0 amide bonds. The Balaban J connectivity index is 2.04. The minimum Gasteiger partial charge on any atom is -0.257 e. The second-order valence-corrected chi connectivity index (χ2v) is 6.27. The van der Waals surface area contributed by atoms with Gasteiger partial charge in [-0.05, 0) is 43.2 Å². The van der Waals surface area contributed by atoms with Gasteiger partial charge in [0.15, 0.2) is 0 Å². The Morgan fingerprint density at radius 1 is 0.947 bits per heavy atom. The molecule has 4 unspecified atom stereocenters. The molecule has 0 saturated carbocycles. The van der Waals surface area contributed by atoms with E-state index in [1.54, 1.807) is 0 Å². The van der Waals surface area contributed by atoms with Crippen molar-refractivity contribution in [2.45, 2.75) is 58.3 Å². The molecule has 0 aliphatic heterocycles. The molecule has 3 aliphatic carbocycles. The highest BCUT2D eigenvalue weighted by Gasteiger charge is 2.43. The number of hydrogen-bond donors (Lipinski definition) is 0. The summed E-state index contributed by atoms with van der Waals surface area (Å²) < 4.78 is 0. The molecule has 0 fully saturated rings. The fourth-order valence-electron chi connectivity index (χ4n) is 4.28. The number of aromatic nitrogens is 1. The van der Waals surface area contributed by atoms with Gasteiger partial charge in [-0.3, -0.25) is 4.98 Å². The molecule has 0 radical (unpaired) electrons. The fraction of sp³-hybridized carbons (Fsp3) is 0.611. The van der Waals surface area contributed by atoms with Crippen molar-refractivity contribution < 1.29 is 0 Å². The molecule has 0 saturated heterocycles. The first kappa shape index (κ1) is 12.9. The van der Waals surface area contributed by atoms with E-state index in [1.165, 1.54) is 42.6 Å². The van der Waals surface area contributed by atoms with Crippen LogP contribution in [0.25, 0.3) is 0 Å². The lowest BCUT2D eigenvalue weighted by Crippen LogP contribution is -2.36. The number of nitrogens with zero attached hydrogens (tertiary/aromatic N) is 1. The Bertz CT molecular complexity index is 488. The van der Waals surface area contributed by atoms with Gasteiger partial charge >= 0.3 is 0 Å². The van der Waals surface area contributed by atoms with E-state index in [-0.39, 0.29) is 0 Å². The van der Waals surface area contributed by atoms with Crippen LogP contribution in [0.4, 0.5) is 0 Å². The summed E-state index contributed by atoms with van der Waals surface area (Å²) in [7, 11) is 0. The fourth-order valence-corrected chi connectivity index (χ4v) is 4.28. The van der Waals surface area contributed by atoms with E-state index in [0.717, 1.165) is 11.8 Å². The molecule has 0 aromatic carbocycles. The average Bonchev–Trinajstić information content (AvgIpc) is 2.42. The Morgan fingerprint density at radius 3 is 2.26 bits per heavy atom. The van der Waals surface area contributed by atoms with Gasteiger partial charge in [-0.1, -0.05) is 44.9 Å². The molecule has 4 rings (SSSR count). The molecular weight excluding hydrogens is 230 g/mol. The predicted molar refractivity (Wildman–Crippen MR) is 80.4 cm³/mol. The van der Waals surface area contributed by atoms with Crippen LogP contribution in [-0.2, 0) is 0 Å². The predicted octanol–water partition coefficient (Wildman–Crippen LogP) is 4.97. The van der Waals surface area contributed by atoms with Gasteiger partial charge in [-0.15, -0.1) is 0 Å². The van der Waals surface area contributed by atoms with Crippen LogP contribution in [0.2, 0.25) is 0 Å². The quantitative estimate of drug-likeness (QED) is 0.692. The second kappa shape index (κ2) is 5.11. The molecule has 2 bridgehead atoms. The van der Waals surface area contributed by atoms with Crippen molar-refractivity contribution in [3.05, 3.63) is 41.2 Å². The molecule has 0 N–H and O–H groups in total. The first-order valence-corrected chi connectivity index (χ1v) is 7.92. The Morgan fingerprint density at radius 2 is 1.58 bits per heavy atom. The highest BCUT2D eigenvalue weighted by atomic mass is 14.7. The van der Waals surface area contributed by atoms with E-state index in [9.17, 15) is 0 Å². The van der Waals surface area contributed by atoms with Crippen LogP contribution in [0.5, 0.6) is 0 Å². The third kappa shape index (κ3) is 2.04. The van der Waals surface area contributed by atoms with E-state index in [1.807, 2.05) is 0 Å². The van der Waals surface area contributed by atoms with Gasteiger partial charge in [0.2, 0.25) is 0 Å². The molecule has 102 valence electrons. The summed E-state index contributed by atoms with van der Waals surface area (Å²) in [5.41, 5.74) is 4.07. The summed E-state index contributed by atoms with van der Waals surface area (Å²) in [5, 5.41) is 0. The molecule has 3 aliphatic rings. The van der Waals surface area contributed by atoms with Crippen LogP contribution in [-0.4, -0.2) is 4.98 Å². The van der Waals surface area contributed by atoms with Crippen molar-refractivity contribution >= 4 is 0 Å². The van der Waals surface area contributed by atoms with Crippen molar-refractivity contribution in [1.82, 2.24) is 4.98 Å². The summed E-state index contributed by atoms with van der Waals surface area (Å²) >= 11 is 0. The topological polar surface area (TPSA) is 12.9 Å². The van der Waals surface area contributed by atoms with Gasteiger partial charge in [-0.25, -0.2) is 0 Å². The zero-order chi connectivity index (χ0) is 13.4. The van der Waals surface area contributed by atoms with Crippen molar-refractivity contribution in [3.8, 4) is 0 Å². The number of allylic oxidation sites excluding steroid dienone is 2. The van der Waals surface area contributed by atoms with Crippen molar-refractivity contribution in [1.29, 1.82) is 0 Å². The summed E-state index contributed by atoms with van der Waals surface area (Å²) in [6.45, 7) is 6.76. The zero-order valence-corrected chi connectivity index (χ0v) is 12.4. The second-order valence-electron chi connectivity index (χ2n) is 6.27. The maximum absolute atomic E-state index is 4.87. The number of pyridine rings is 1. The normalized spacial score (nSPS) is 31.5. The molecule has 1 heterocycles. The molecular formula is C18H25N. The van der Waals surface area contributed by atoms with E-state index >= 15 is 0 Å². The number of fused-ring (bicyclic) bond motifs is 1. The van der Waals surface area contributed by atoms with Crippen LogP contribution in [0.3, 0.4) is 0 Å². The van der Waals surface area contributed by atoms with E-state index in [2.05, 4.69) is 45.1 Å². The van der Waals surface area contributed by atoms with E-state index < -0.39 is 0 Å². The SMILES string of the molecule is CCCC1C2C=CC(c3nc(C)ccc32)C1CCC. The van der Waals surface area contributed by atoms with Crippen LogP contribution in [0.15, 0.2) is 24.3 Å². The van der Waals surface area contributed by atoms with Crippen molar-refractivity contribution in [3.63, 3.8) is 0 Å². The molecule has 1 nitrogen and oxygen atoms in total. The standard InChI is InChI=1S/C18H25N/c1-4-6-13-14(7-5-2)17-11-10-15(13)16-9-8-12(3)19-18(16)17/h8-11,13-15,17H,4-7H2,1-3H3. The highest BCUT2D eigenvalue weighted by Crippen LogP contribution is 2.54. The van der Waals surface area contributed by atoms with Crippen LogP contribution >= 0.6 is 0 Å². The van der Waals surface area contributed by atoms with E-state index in [4.69, 9.17) is 4.98 Å². The van der Waals surface area contributed by atoms with Crippen LogP contribution < -0.4 is 0 Å². The Hall–Kier alpha value is -1.11. The number of hydrogen-bond acceptors (Lipinski definition) is 1. The van der Waals surface area contributed by atoms with Gasteiger partial charge in [0.1, 0.15) is 0 Å². The minimum absolute atomic E-state index is 0.580. The summed E-state index contributed by atoms with van der Waals surface area (Å²) in [5.74, 6) is 2.87. The summed E-state index contributed by atoms with van der Waals surface area (Å²) in [6, 6.07) is 4.52. The van der Waals surface area contributed by atoms with Crippen LogP contribution in [0, 0.1) is 18.8 Å². The van der Waals surface area contributed by atoms with Crippen molar-refractivity contribution in [2.24, 2.45) is 11.8 Å². The Labute approximate surface area is 117 Å². The monoisotopic (exact) mass is 255 g/mol. The number of aryl methyl sites for hydroxylation is 1. The lowest BCUT2D eigenvalue weighted by molar-refractivity contribution is 0.210. The van der Waals surface area contributed by atoms with Gasteiger partial charge in [0.05, 0.1) is 5.69 Å². The highest BCUT2D eigenvalue weighted by molar-refractivity contribution is 5.43.